The Morgan fingerprint density at radius 2 is 2.12 bits per heavy atom. The van der Waals surface area contributed by atoms with Crippen molar-refractivity contribution < 1.29 is 9.53 Å². The number of ether oxygens (including phenoxy) is 1. The standard InChI is InChI=1S/C14H17IO2/c1-2-6-13(17-14(16)11-15)10-9-12-7-4-3-5-8-12/h2-5,7-8,13H,1,6,9-11H2. The molecule has 0 heterocycles. The molecule has 1 rings (SSSR count). The Balaban J connectivity index is 2.44. The van der Waals surface area contributed by atoms with E-state index < -0.39 is 0 Å². The number of hydrogen-bond donors (Lipinski definition) is 0. The third-order valence-corrected chi connectivity index (χ3v) is 3.06. The fourth-order valence-corrected chi connectivity index (χ4v) is 1.78. The van der Waals surface area contributed by atoms with Gasteiger partial charge in [0.05, 0.1) is 4.43 Å². The Bertz CT molecular complexity index is 348. The SMILES string of the molecule is C=CCC(CCc1ccccc1)OC(=O)CI. The van der Waals surface area contributed by atoms with Crippen LogP contribution in [0.5, 0.6) is 0 Å². The van der Waals surface area contributed by atoms with Crippen LogP contribution in [0.2, 0.25) is 0 Å². The lowest BCUT2D eigenvalue weighted by atomic mass is 10.1. The second-order valence-electron chi connectivity index (χ2n) is 3.79. The summed E-state index contributed by atoms with van der Waals surface area (Å²) in [5.74, 6) is -0.148. The monoisotopic (exact) mass is 344 g/mol. The minimum absolute atomic E-state index is 0.0463. The van der Waals surface area contributed by atoms with Crippen LogP contribution >= 0.6 is 22.6 Å². The number of esters is 1. The fourth-order valence-electron chi connectivity index (χ4n) is 1.60. The second-order valence-corrected chi connectivity index (χ2v) is 4.56. The van der Waals surface area contributed by atoms with E-state index in [-0.39, 0.29) is 12.1 Å². The van der Waals surface area contributed by atoms with Gasteiger partial charge in [0, 0.05) is 6.42 Å². The van der Waals surface area contributed by atoms with E-state index in [4.69, 9.17) is 4.74 Å². The molecule has 0 saturated carbocycles. The zero-order valence-electron chi connectivity index (χ0n) is 9.77. The third-order valence-electron chi connectivity index (χ3n) is 2.43. The predicted octanol–water partition coefficient (Wildman–Crippen LogP) is 3.54. The van der Waals surface area contributed by atoms with Gasteiger partial charge in [-0.05, 0) is 18.4 Å². The summed E-state index contributed by atoms with van der Waals surface area (Å²) in [5.41, 5.74) is 1.27. The average Bonchev–Trinajstić information content (AvgIpc) is 2.37. The molecular weight excluding hydrogens is 327 g/mol. The minimum Gasteiger partial charge on any atom is -0.461 e. The van der Waals surface area contributed by atoms with Crippen LogP contribution in [0.15, 0.2) is 43.0 Å². The van der Waals surface area contributed by atoms with Crippen LogP contribution in [-0.2, 0) is 16.0 Å². The zero-order chi connectivity index (χ0) is 12.5. The Kier molecular flexibility index (Phi) is 6.93. The summed E-state index contributed by atoms with van der Waals surface area (Å²) in [6.45, 7) is 3.70. The van der Waals surface area contributed by atoms with Gasteiger partial charge in [-0.2, -0.15) is 0 Å². The molecule has 2 nitrogen and oxygen atoms in total. The number of halogens is 1. The smallest absolute Gasteiger partial charge is 0.316 e. The van der Waals surface area contributed by atoms with Crippen LogP contribution in [0.3, 0.4) is 0 Å². The predicted molar refractivity (Wildman–Crippen MR) is 78.3 cm³/mol. The topological polar surface area (TPSA) is 26.3 Å². The molecule has 0 bridgehead atoms. The van der Waals surface area contributed by atoms with Crippen molar-refractivity contribution >= 4 is 28.6 Å². The number of carbonyl (C=O) groups is 1. The molecule has 0 spiro atoms. The number of alkyl halides is 1. The Morgan fingerprint density at radius 3 is 2.71 bits per heavy atom. The molecule has 0 saturated heterocycles. The minimum atomic E-state index is -0.148. The van der Waals surface area contributed by atoms with Crippen molar-refractivity contribution in [1.29, 1.82) is 0 Å². The molecule has 0 aliphatic rings. The highest BCUT2D eigenvalue weighted by Gasteiger charge is 2.12. The molecule has 92 valence electrons. The molecule has 3 heteroatoms. The normalized spacial score (nSPS) is 11.8. The van der Waals surface area contributed by atoms with E-state index in [1.807, 2.05) is 40.8 Å². The quantitative estimate of drug-likeness (QED) is 0.327. The van der Waals surface area contributed by atoms with Gasteiger partial charge in [0.1, 0.15) is 6.10 Å². The molecule has 1 aromatic rings. The molecule has 0 aliphatic heterocycles. The van der Waals surface area contributed by atoms with Gasteiger partial charge in [0.2, 0.25) is 0 Å². The Hall–Kier alpha value is -0.840. The lowest BCUT2D eigenvalue weighted by Gasteiger charge is -2.15. The first kappa shape index (κ1) is 14.2. The number of hydrogen-bond acceptors (Lipinski definition) is 2. The van der Waals surface area contributed by atoms with Crippen molar-refractivity contribution in [3.05, 3.63) is 48.6 Å². The van der Waals surface area contributed by atoms with Crippen LogP contribution < -0.4 is 0 Å². The first-order valence-corrected chi connectivity index (χ1v) is 7.19. The largest absolute Gasteiger partial charge is 0.461 e. The lowest BCUT2D eigenvalue weighted by molar-refractivity contribution is -0.145. The van der Waals surface area contributed by atoms with Crippen molar-refractivity contribution in [3.63, 3.8) is 0 Å². The summed E-state index contributed by atoms with van der Waals surface area (Å²) in [6, 6.07) is 10.2. The van der Waals surface area contributed by atoms with Gasteiger partial charge >= 0.3 is 5.97 Å². The maximum absolute atomic E-state index is 11.2. The average molecular weight is 344 g/mol. The summed E-state index contributed by atoms with van der Waals surface area (Å²) < 4.78 is 5.74. The first-order valence-electron chi connectivity index (χ1n) is 5.66. The summed E-state index contributed by atoms with van der Waals surface area (Å²) in [5, 5.41) is 0. The number of benzene rings is 1. The van der Waals surface area contributed by atoms with E-state index >= 15 is 0 Å². The lowest BCUT2D eigenvalue weighted by Crippen LogP contribution is -2.19. The van der Waals surface area contributed by atoms with E-state index in [0.29, 0.717) is 4.43 Å². The van der Waals surface area contributed by atoms with Gasteiger partial charge in [-0.1, -0.05) is 59.0 Å². The molecule has 0 fully saturated rings. The van der Waals surface area contributed by atoms with Crippen LogP contribution in [0, 0.1) is 0 Å². The fraction of sp³-hybridized carbons (Fsp3) is 0.357. The van der Waals surface area contributed by atoms with Crippen molar-refractivity contribution in [2.45, 2.75) is 25.4 Å². The maximum Gasteiger partial charge on any atom is 0.316 e. The maximum atomic E-state index is 11.2. The molecule has 0 radical (unpaired) electrons. The second kappa shape index (κ2) is 8.28. The highest BCUT2D eigenvalue weighted by Crippen LogP contribution is 2.11. The molecular formula is C14H17IO2. The Morgan fingerprint density at radius 1 is 1.41 bits per heavy atom. The van der Waals surface area contributed by atoms with Gasteiger partial charge in [0.15, 0.2) is 0 Å². The van der Waals surface area contributed by atoms with E-state index in [1.165, 1.54) is 5.56 Å². The van der Waals surface area contributed by atoms with Gasteiger partial charge in [0.25, 0.3) is 0 Å². The summed E-state index contributed by atoms with van der Waals surface area (Å²) in [7, 11) is 0. The van der Waals surface area contributed by atoms with Crippen molar-refractivity contribution in [1.82, 2.24) is 0 Å². The molecule has 17 heavy (non-hydrogen) atoms. The van der Waals surface area contributed by atoms with Crippen molar-refractivity contribution in [2.75, 3.05) is 4.43 Å². The van der Waals surface area contributed by atoms with Gasteiger partial charge in [-0.3, -0.25) is 4.79 Å². The molecule has 0 aliphatic carbocycles. The van der Waals surface area contributed by atoms with Gasteiger partial charge < -0.3 is 4.74 Å². The van der Waals surface area contributed by atoms with Crippen LogP contribution in [0.25, 0.3) is 0 Å². The molecule has 0 N–H and O–H groups in total. The number of aryl methyl sites for hydroxylation is 1. The van der Waals surface area contributed by atoms with Gasteiger partial charge in [-0.15, -0.1) is 6.58 Å². The summed E-state index contributed by atoms with van der Waals surface area (Å²) in [4.78, 5) is 11.2. The highest BCUT2D eigenvalue weighted by molar-refractivity contribution is 14.1. The third kappa shape index (κ3) is 5.86. The molecule has 1 aromatic carbocycles. The van der Waals surface area contributed by atoms with Crippen molar-refractivity contribution in [3.8, 4) is 0 Å². The van der Waals surface area contributed by atoms with Crippen LogP contribution in [0.4, 0.5) is 0 Å². The Labute approximate surface area is 116 Å². The number of carbonyl (C=O) groups excluding carboxylic acids is 1. The van der Waals surface area contributed by atoms with E-state index in [0.717, 1.165) is 19.3 Å². The highest BCUT2D eigenvalue weighted by atomic mass is 127. The molecule has 1 atom stereocenters. The molecule has 0 amide bonds. The van der Waals surface area contributed by atoms with Gasteiger partial charge in [-0.25, -0.2) is 0 Å². The molecule has 1 unspecified atom stereocenters. The summed E-state index contributed by atoms with van der Waals surface area (Å²) in [6.07, 6.45) is 4.24. The van der Waals surface area contributed by atoms with Crippen molar-refractivity contribution in [2.24, 2.45) is 0 Å². The van der Waals surface area contributed by atoms with Crippen LogP contribution in [0.1, 0.15) is 18.4 Å². The number of rotatable bonds is 7. The zero-order valence-corrected chi connectivity index (χ0v) is 11.9. The molecule has 0 aromatic heterocycles. The van der Waals surface area contributed by atoms with E-state index in [1.54, 1.807) is 6.08 Å². The summed E-state index contributed by atoms with van der Waals surface area (Å²) >= 11 is 2.01. The van der Waals surface area contributed by atoms with E-state index in [2.05, 4.69) is 18.7 Å². The van der Waals surface area contributed by atoms with E-state index in [9.17, 15) is 4.79 Å². The first-order chi connectivity index (χ1) is 8.26. The van der Waals surface area contributed by atoms with Crippen LogP contribution in [-0.4, -0.2) is 16.5 Å².